The van der Waals surface area contributed by atoms with E-state index in [4.69, 9.17) is 5.11 Å². The van der Waals surface area contributed by atoms with Gasteiger partial charge in [0.1, 0.15) is 12.2 Å². The van der Waals surface area contributed by atoms with E-state index >= 15 is 0 Å². The van der Waals surface area contributed by atoms with Gasteiger partial charge in [-0.25, -0.2) is 0 Å². The molecule has 0 atom stereocenters. The lowest BCUT2D eigenvalue weighted by atomic mass is 9.89. The maximum Gasteiger partial charge on any atom is 0.310 e. The average molecular weight is 172 g/mol. The van der Waals surface area contributed by atoms with E-state index in [0.29, 0.717) is 6.42 Å². The van der Waals surface area contributed by atoms with Gasteiger partial charge in [0.25, 0.3) is 0 Å². The van der Waals surface area contributed by atoms with E-state index < -0.39 is 5.97 Å². The minimum Gasteiger partial charge on any atom is -0.481 e. The summed E-state index contributed by atoms with van der Waals surface area (Å²) in [5.41, 5.74) is 0.105. The molecule has 0 heterocycles. The van der Waals surface area contributed by atoms with Gasteiger partial charge in [-0.3, -0.25) is 9.59 Å². The molecule has 0 saturated carbocycles. The first kappa shape index (κ1) is 11.1. The second-order valence-electron chi connectivity index (χ2n) is 4.17. The third-order valence-electron chi connectivity index (χ3n) is 1.50. The van der Waals surface area contributed by atoms with E-state index in [-0.39, 0.29) is 17.6 Å². The summed E-state index contributed by atoms with van der Waals surface area (Å²) in [7, 11) is 0. The summed E-state index contributed by atoms with van der Waals surface area (Å²) in [6.45, 7) is 6.09. The van der Waals surface area contributed by atoms with Crippen LogP contribution in [0, 0.1) is 5.41 Å². The molecular formula is C9H16O3. The Labute approximate surface area is 72.8 Å². The molecule has 1 N–H and O–H groups in total. The monoisotopic (exact) mass is 172 g/mol. The Kier molecular flexibility index (Phi) is 3.93. The van der Waals surface area contributed by atoms with Crippen molar-refractivity contribution in [1.29, 1.82) is 0 Å². The lowest BCUT2D eigenvalue weighted by Gasteiger charge is -2.16. The van der Waals surface area contributed by atoms with E-state index in [1.807, 2.05) is 20.8 Å². The quantitative estimate of drug-likeness (QED) is 0.658. The van der Waals surface area contributed by atoms with E-state index in [1.54, 1.807) is 0 Å². The fourth-order valence-corrected chi connectivity index (χ4v) is 0.771. The Morgan fingerprint density at radius 3 is 2.08 bits per heavy atom. The highest BCUT2D eigenvalue weighted by Crippen LogP contribution is 2.20. The summed E-state index contributed by atoms with van der Waals surface area (Å²) in [5.74, 6) is -1.22. The van der Waals surface area contributed by atoms with Crippen LogP contribution in [-0.2, 0) is 9.59 Å². The number of carbonyl (C=O) groups excluding carboxylic acids is 1. The molecule has 0 saturated heterocycles. The number of ketones is 1. The molecule has 0 bridgehead atoms. The fraction of sp³-hybridized carbons (Fsp3) is 0.778. The van der Waals surface area contributed by atoms with Crippen molar-refractivity contribution in [3.8, 4) is 0 Å². The highest BCUT2D eigenvalue weighted by Gasteiger charge is 2.14. The van der Waals surface area contributed by atoms with Gasteiger partial charge >= 0.3 is 5.97 Å². The van der Waals surface area contributed by atoms with Crippen LogP contribution < -0.4 is 0 Å². The summed E-state index contributed by atoms with van der Waals surface area (Å²) in [6.07, 6.45) is 0.783. The van der Waals surface area contributed by atoms with Crippen LogP contribution in [0.3, 0.4) is 0 Å². The minimum absolute atomic E-state index is 0.105. The van der Waals surface area contributed by atoms with Crippen molar-refractivity contribution in [2.75, 3.05) is 0 Å². The first-order valence-electron chi connectivity index (χ1n) is 4.05. The van der Waals surface area contributed by atoms with E-state index in [1.165, 1.54) is 0 Å². The molecule has 70 valence electrons. The average Bonchev–Trinajstić information content (AvgIpc) is 1.80. The van der Waals surface area contributed by atoms with Crippen LogP contribution in [0.25, 0.3) is 0 Å². The summed E-state index contributed by atoms with van der Waals surface area (Å²) >= 11 is 0. The van der Waals surface area contributed by atoms with Crippen LogP contribution in [0.15, 0.2) is 0 Å². The maximum absolute atomic E-state index is 10.9. The molecule has 0 amide bonds. The second-order valence-corrected chi connectivity index (χ2v) is 4.17. The number of hydrogen-bond acceptors (Lipinski definition) is 2. The van der Waals surface area contributed by atoms with Gasteiger partial charge in [0, 0.05) is 6.42 Å². The standard InChI is InChI=1S/C9H16O3/c1-9(2,3)5-4-7(10)6-8(11)12/h4-6H2,1-3H3,(H,11,12). The van der Waals surface area contributed by atoms with Crippen LogP contribution in [0.5, 0.6) is 0 Å². The molecule has 0 unspecified atom stereocenters. The molecule has 0 aliphatic carbocycles. The van der Waals surface area contributed by atoms with Gasteiger partial charge in [-0.15, -0.1) is 0 Å². The molecule has 0 fully saturated rings. The molecule has 0 spiro atoms. The molecular weight excluding hydrogens is 156 g/mol. The van der Waals surface area contributed by atoms with Gasteiger partial charge in [-0.05, 0) is 11.8 Å². The van der Waals surface area contributed by atoms with Gasteiger partial charge in [-0.1, -0.05) is 20.8 Å². The van der Waals surface area contributed by atoms with Gasteiger partial charge in [0.05, 0.1) is 0 Å². The second kappa shape index (κ2) is 4.24. The van der Waals surface area contributed by atoms with Crippen LogP contribution in [-0.4, -0.2) is 16.9 Å². The van der Waals surface area contributed by atoms with Crippen LogP contribution in [0.2, 0.25) is 0 Å². The predicted octanol–water partition coefficient (Wildman–Crippen LogP) is 1.86. The maximum atomic E-state index is 10.9. The molecule has 12 heavy (non-hydrogen) atoms. The summed E-state index contributed by atoms with van der Waals surface area (Å²) < 4.78 is 0. The van der Waals surface area contributed by atoms with Crippen molar-refractivity contribution in [2.24, 2.45) is 5.41 Å². The fourth-order valence-electron chi connectivity index (χ4n) is 0.771. The number of carboxylic acid groups (broad SMARTS) is 1. The first-order chi connectivity index (χ1) is 5.31. The van der Waals surface area contributed by atoms with Crippen LogP contribution in [0.1, 0.15) is 40.0 Å². The highest BCUT2D eigenvalue weighted by atomic mass is 16.4. The molecule has 3 heteroatoms. The normalized spacial score (nSPS) is 11.2. The SMILES string of the molecule is CC(C)(C)CCC(=O)CC(=O)O. The lowest BCUT2D eigenvalue weighted by Crippen LogP contribution is -2.11. The van der Waals surface area contributed by atoms with Gasteiger partial charge in [-0.2, -0.15) is 0 Å². The van der Waals surface area contributed by atoms with Crippen molar-refractivity contribution < 1.29 is 14.7 Å². The zero-order valence-electron chi connectivity index (χ0n) is 7.89. The van der Waals surface area contributed by atoms with E-state index in [2.05, 4.69) is 0 Å². The van der Waals surface area contributed by atoms with Crippen molar-refractivity contribution in [3.63, 3.8) is 0 Å². The minimum atomic E-state index is -1.03. The Bertz CT molecular complexity index is 177. The Balaban J connectivity index is 3.65. The van der Waals surface area contributed by atoms with E-state index in [0.717, 1.165) is 6.42 Å². The number of hydrogen-bond donors (Lipinski definition) is 1. The number of Topliss-reactive ketones (excluding diaryl/α,β-unsaturated/α-hetero) is 1. The molecule has 0 aliphatic rings. The number of carboxylic acids is 1. The number of rotatable bonds is 4. The van der Waals surface area contributed by atoms with Crippen molar-refractivity contribution in [3.05, 3.63) is 0 Å². The summed E-state index contributed by atoms with van der Waals surface area (Å²) in [5, 5.41) is 8.29. The third-order valence-corrected chi connectivity index (χ3v) is 1.50. The Morgan fingerprint density at radius 2 is 1.75 bits per heavy atom. The third kappa shape index (κ3) is 7.25. The van der Waals surface area contributed by atoms with Gasteiger partial charge in [0.15, 0.2) is 0 Å². The molecule has 0 aromatic heterocycles. The summed E-state index contributed by atoms with van der Waals surface area (Å²) in [6, 6.07) is 0. The first-order valence-corrected chi connectivity index (χ1v) is 4.05. The topological polar surface area (TPSA) is 54.4 Å². The van der Waals surface area contributed by atoms with E-state index in [9.17, 15) is 9.59 Å². The number of carbonyl (C=O) groups is 2. The smallest absolute Gasteiger partial charge is 0.310 e. The van der Waals surface area contributed by atoms with Crippen molar-refractivity contribution >= 4 is 11.8 Å². The zero-order valence-corrected chi connectivity index (χ0v) is 7.89. The molecule has 3 nitrogen and oxygen atoms in total. The lowest BCUT2D eigenvalue weighted by molar-refractivity contribution is -0.140. The van der Waals surface area contributed by atoms with Gasteiger partial charge in [0.2, 0.25) is 0 Å². The Hall–Kier alpha value is -0.860. The summed E-state index contributed by atoms with van der Waals surface area (Å²) in [4.78, 5) is 21.0. The number of aliphatic carboxylic acids is 1. The van der Waals surface area contributed by atoms with Crippen molar-refractivity contribution in [2.45, 2.75) is 40.0 Å². The largest absolute Gasteiger partial charge is 0.481 e. The van der Waals surface area contributed by atoms with Gasteiger partial charge < -0.3 is 5.11 Å². The molecule has 0 radical (unpaired) electrons. The molecule has 0 aromatic rings. The molecule has 0 aliphatic heterocycles. The van der Waals surface area contributed by atoms with Crippen molar-refractivity contribution in [1.82, 2.24) is 0 Å². The molecule has 0 rings (SSSR count). The van der Waals surface area contributed by atoms with Crippen LogP contribution in [0.4, 0.5) is 0 Å². The predicted molar refractivity (Wildman–Crippen MR) is 45.9 cm³/mol. The zero-order chi connectivity index (χ0) is 9.78. The Morgan fingerprint density at radius 1 is 1.25 bits per heavy atom. The highest BCUT2D eigenvalue weighted by molar-refractivity contribution is 5.94. The van der Waals surface area contributed by atoms with Crippen LogP contribution >= 0.6 is 0 Å². The molecule has 0 aromatic carbocycles.